The average molecular weight is 1470 g/mol. The molecule has 0 spiro atoms. The molecule has 0 aliphatic carbocycles. The SMILES string of the molecule is Cc1c(C)c(C)c2c(c1C)c1c(C)c(C)c(C)c(C)c1n2C.Cc1c(C)c(C)c2c(c1C)c1c(C)c(C)c(C)c(C)c1n2C.Cc1c(C)c(C)c2c(nc(C)n2C)c1C.Cc1nc2c(C)c(C)c(C)c(C)c2c(C)c1C.Cc1nc2c(C)c(C)c(C)c(C)c2c(C)c1C.Cc1nc2c(C)c(C)c(C)c(C)c2c(C)c1C. The lowest BCUT2D eigenvalue weighted by molar-refractivity contribution is 0.882. The summed E-state index contributed by atoms with van der Waals surface area (Å²) in [6.07, 6.45) is 0. The average Bonchev–Trinajstić information content (AvgIpc) is 1.58. The van der Waals surface area contributed by atoms with E-state index in [0.717, 1.165) is 28.4 Å². The van der Waals surface area contributed by atoms with Crippen LogP contribution >= 0.6 is 0 Å². The number of fused-ring (bicyclic) bond motifs is 10. The number of nitrogens with zero attached hydrogens (tertiary/aromatic N) is 7. The molecule has 0 N–H and O–H groups in total. The van der Waals surface area contributed by atoms with Crippen molar-refractivity contribution in [1.29, 1.82) is 0 Å². The molecular formula is C103H135N7. The molecule has 6 heterocycles. The number of hydrogen-bond acceptors (Lipinski definition) is 4. The third-order valence-electron chi connectivity index (χ3n) is 29.4. The van der Waals surface area contributed by atoms with Crippen LogP contribution in [-0.2, 0) is 21.1 Å². The Kier molecular flexibility index (Phi) is 23.9. The molecule has 0 amide bonds. The number of benzene rings is 8. The minimum atomic E-state index is 1.08. The van der Waals surface area contributed by atoms with Gasteiger partial charge in [0.1, 0.15) is 5.82 Å². The first-order valence-electron chi connectivity index (χ1n) is 40.2. The Morgan fingerprint density at radius 2 is 0.282 bits per heavy atom. The van der Waals surface area contributed by atoms with Gasteiger partial charge in [0.05, 0.1) is 49.7 Å². The maximum Gasteiger partial charge on any atom is 0.106 e. The molecule has 0 fully saturated rings. The highest BCUT2D eigenvalue weighted by Crippen LogP contribution is 2.44. The summed E-state index contributed by atoms with van der Waals surface area (Å²) in [6, 6.07) is 0. The summed E-state index contributed by atoms with van der Waals surface area (Å²) in [4.78, 5) is 19.0. The van der Waals surface area contributed by atoms with Crippen LogP contribution < -0.4 is 0 Å². The molecule has 582 valence electrons. The summed E-state index contributed by atoms with van der Waals surface area (Å²) >= 11 is 0. The van der Waals surface area contributed by atoms with Crippen LogP contribution in [0.25, 0.3) is 87.4 Å². The topological polar surface area (TPSA) is 66.3 Å². The van der Waals surface area contributed by atoms with Gasteiger partial charge in [-0.25, -0.2) is 4.98 Å². The minimum absolute atomic E-state index is 1.08. The summed E-state index contributed by atoms with van der Waals surface area (Å²) in [5.74, 6) is 1.08. The zero-order chi connectivity index (χ0) is 83.0. The lowest BCUT2D eigenvalue weighted by Gasteiger charge is -2.17. The number of rotatable bonds is 0. The van der Waals surface area contributed by atoms with Crippen molar-refractivity contribution >= 4 is 87.4 Å². The van der Waals surface area contributed by atoms with E-state index in [4.69, 9.17) is 15.0 Å². The highest BCUT2D eigenvalue weighted by atomic mass is 15.1. The van der Waals surface area contributed by atoms with Crippen molar-refractivity contribution in [3.8, 4) is 0 Å². The second kappa shape index (κ2) is 31.0. The van der Waals surface area contributed by atoms with Crippen LogP contribution in [0.15, 0.2) is 0 Å². The fourth-order valence-electron chi connectivity index (χ4n) is 18.3. The van der Waals surface area contributed by atoms with Crippen LogP contribution in [-0.4, -0.2) is 33.6 Å². The maximum absolute atomic E-state index is 4.80. The van der Waals surface area contributed by atoms with Crippen LogP contribution in [0.1, 0.15) is 234 Å². The monoisotopic (exact) mass is 1470 g/mol. The molecule has 0 radical (unpaired) electrons. The Hall–Kier alpha value is -8.94. The van der Waals surface area contributed by atoms with Crippen molar-refractivity contribution in [2.75, 3.05) is 0 Å². The first-order valence-corrected chi connectivity index (χ1v) is 40.2. The van der Waals surface area contributed by atoms with Crippen molar-refractivity contribution in [2.45, 2.75) is 291 Å². The fourth-order valence-corrected chi connectivity index (χ4v) is 18.3. The number of aromatic nitrogens is 7. The van der Waals surface area contributed by atoms with Gasteiger partial charge in [-0.2, -0.15) is 0 Å². The van der Waals surface area contributed by atoms with Gasteiger partial charge in [0, 0.05) is 75.9 Å². The first-order chi connectivity index (χ1) is 50.9. The zero-order valence-corrected chi connectivity index (χ0v) is 77.1. The van der Waals surface area contributed by atoms with Gasteiger partial charge in [0.15, 0.2) is 0 Å². The van der Waals surface area contributed by atoms with Crippen molar-refractivity contribution in [3.05, 3.63) is 234 Å². The normalized spacial score (nSPS) is 11.5. The zero-order valence-electron chi connectivity index (χ0n) is 77.1. The summed E-state index contributed by atoms with van der Waals surface area (Å²) in [7, 11) is 6.55. The summed E-state index contributed by atoms with van der Waals surface area (Å²) in [5.41, 5.74) is 68.1. The molecule has 0 atom stereocenters. The van der Waals surface area contributed by atoms with Crippen LogP contribution in [0, 0.1) is 291 Å². The van der Waals surface area contributed by atoms with E-state index >= 15 is 0 Å². The van der Waals surface area contributed by atoms with Crippen molar-refractivity contribution in [1.82, 2.24) is 33.6 Å². The van der Waals surface area contributed by atoms with Gasteiger partial charge < -0.3 is 13.7 Å². The third-order valence-corrected chi connectivity index (χ3v) is 29.4. The first kappa shape index (κ1) is 85.1. The predicted molar refractivity (Wildman–Crippen MR) is 486 cm³/mol. The van der Waals surface area contributed by atoms with E-state index in [0.29, 0.717) is 0 Å². The minimum Gasteiger partial charge on any atom is -0.343 e. The molecule has 0 saturated heterocycles. The van der Waals surface area contributed by atoms with Gasteiger partial charge in [-0.05, 0) is 502 Å². The van der Waals surface area contributed by atoms with Gasteiger partial charge in [-0.15, -0.1) is 0 Å². The number of pyridine rings is 3. The van der Waals surface area contributed by atoms with Crippen LogP contribution in [0.4, 0.5) is 0 Å². The van der Waals surface area contributed by atoms with Gasteiger partial charge in [-0.1, -0.05) is 0 Å². The van der Waals surface area contributed by atoms with Crippen molar-refractivity contribution < 1.29 is 0 Å². The third kappa shape index (κ3) is 13.4. The van der Waals surface area contributed by atoms with Crippen LogP contribution in [0.3, 0.4) is 0 Å². The second-order valence-electron chi connectivity index (χ2n) is 33.9. The molecule has 0 saturated carbocycles. The Labute approximate surface area is 663 Å². The molecule has 0 aliphatic heterocycles. The highest BCUT2D eigenvalue weighted by Gasteiger charge is 2.26. The van der Waals surface area contributed by atoms with E-state index in [2.05, 4.69) is 331 Å². The Balaban J connectivity index is 0.000000153. The molecule has 14 rings (SSSR count). The van der Waals surface area contributed by atoms with Gasteiger partial charge in [0.25, 0.3) is 0 Å². The van der Waals surface area contributed by atoms with Gasteiger partial charge in [-0.3, -0.25) is 15.0 Å². The van der Waals surface area contributed by atoms with Gasteiger partial charge in [0.2, 0.25) is 0 Å². The molecule has 14 aromatic rings. The second-order valence-corrected chi connectivity index (χ2v) is 33.9. The number of aryl methyl sites for hydroxylation is 26. The number of imidazole rings is 1. The summed E-state index contributed by atoms with van der Waals surface area (Å²) in [5, 5.41) is 9.91. The molecule has 0 aliphatic rings. The lowest BCUT2D eigenvalue weighted by atomic mass is 9.90. The Bertz CT molecular complexity index is 5660. The van der Waals surface area contributed by atoms with E-state index in [1.807, 2.05) is 0 Å². The molecule has 0 unspecified atom stereocenters. The standard InChI is InChI=1S/2C21H27N.3C16H21N.C13H18N2/c2*1-10-12(3)16(7)20-18(14(10)5)19-15(6)11(2)13(4)17(8)21(19)22(20)9;3*1-8-9(2)13(6)16-15(11(8)4)12(5)10(3)14(7)17-16;1-7-8(2)10(4)13-12(9(7)3)14-11(5)15(13)6/h2*1-9H3;3*1-7H3;1-6H3. The Morgan fingerprint density at radius 1 is 0.127 bits per heavy atom. The molecule has 8 aromatic carbocycles. The van der Waals surface area contributed by atoms with E-state index < -0.39 is 0 Å². The Morgan fingerprint density at radius 3 is 0.491 bits per heavy atom. The molecule has 7 heteroatoms. The molecule has 0 bridgehead atoms. The van der Waals surface area contributed by atoms with Crippen LogP contribution in [0.5, 0.6) is 0 Å². The summed E-state index contributed by atoms with van der Waals surface area (Å²) in [6.45, 7) is 93.0. The molecule has 6 aromatic heterocycles. The largest absolute Gasteiger partial charge is 0.343 e. The van der Waals surface area contributed by atoms with Crippen molar-refractivity contribution in [2.24, 2.45) is 21.1 Å². The number of hydrogen-bond donors (Lipinski definition) is 0. The van der Waals surface area contributed by atoms with E-state index in [1.165, 1.54) is 293 Å². The van der Waals surface area contributed by atoms with E-state index in [1.54, 1.807) is 0 Å². The molecule has 110 heavy (non-hydrogen) atoms. The van der Waals surface area contributed by atoms with E-state index in [9.17, 15) is 0 Å². The lowest BCUT2D eigenvalue weighted by Crippen LogP contribution is -2.01. The van der Waals surface area contributed by atoms with Gasteiger partial charge >= 0.3 is 0 Å². The van der Waals surface area contributed by atoms with Crippen molar-refractivity contribution in [3.63, 3.8) is 0 Å². The predicted octanol–water partition coefficient (Wildman–Crippen LogP) is 27.9. The molecular weight excluding hydrogens is 1340 g/mol. The van der Waals surface area contributed by atoms with Crippen LogP contribution in [0.2, 0.25) is 0 Å². The fraction of sp³-hybridized carbons (Fsp3) is 0.437. The highest BCUT2D eigenvalue weighted by molar-refractivity contribution is 6.16. The molecule has 7 nitrogen and oxygen atoms in total. The summed E-state index contributed by atoms with van der Waals surface area (Å²) < 4.78 is 7.03. The quantitative estimate of drug-likeness (QED) is 0.152. The maximum atomic E-state index is 4.80. The van der Waals surface area contributed by atoms with E-state index in [-0.39, 0.29) is 0 Å². The smallest absolute Gasteiger partial charge is 0.106 e.